The molecule has 1 saturated heterocycles. The number of benzene rings is 1. The summed E-state index contributed by atoms with van der Waals surface area (Å²) < 4.78 is 27.5. The highest BCUT2D eigenvalue weighted by Gasteiger charge is 2.31. The molecular formula is C22H27N3O4S2. The number of carbonyl (C=O) groups excluding carboxylic acids is 2. The number of sulfonamides is 1. The molecule has 1 aliphatic heterocycles. The highest BCUT2D eigenvalue weighted by molar-refractivity contribution is 7.89. The monoisotopic (exact) mass is 461 g/mol. The molecule has 1 aliphatic carbocycles. The highest BCUT2D eigenvalue weighted by atomic mass is 32.2. The second kappa shape index (κ2) is 9.10. The van der Waals surface area contributed by atoms with Crippen molar-refractivity contribution in [2.45, 2.75) is 50.0 Å². The quantitative estimate of drug-likeness (QED) is 0.656. The van der Waals surface area contributed by atoms with Crippen molar-refractivity contribution in [1.29, 1.82) is 0 Å². The number of anilines is 1. The number of nitrogens with one attached hydrogen (secondary N) is 2. The molecule has 0 radical (unpaired) electrons. The molecule has 31 heavy (non-hydrogen) atoms. The molecule has 1 atom stereocenters. The van der Waals surface area contributed by atoms with Gasteiger partial charge in [-0.25, -0.2) is 8.42 Å². The van der Waals surface area contributed by atoms with Crippen LogP contribution in [-0.2, 0) is 14.8 Å². The Morgan fingerprint density at radius 1 is 1.06 bits per heavy atom. The largest absolute Gasteiger partial charge is 0.345 e. The summed E-state index contributed by atoms with van der Waals surface area (Å²) in [5.74, 6) is -0.211. The smallest absolute Gasteiger partial charge is 0.263 e. The lowest BCUT2D eigenvalue weighted by Crippen LogP contribution is -2.36. The first-order chi connectivity index (χ1) is 14.9. The lowest BCUT2D eigenvalue weighted by molar-refractivity contribution is -0.117. The number of thiophene rings is 1. The van der Waals surface area contributed by atoms with E-state index in [9.17, 15) is 18.0 Å². The average molecular weight is 462 g/mol. The molecule has 4 rings (SSSR count). The van der Waals surface area contributed by atoms with Gasteiger partial charge in [0.1, 0.15) is 9.77 Å². The van der Waals surface area contributed by atoms with Crippen molar-refractivity contribution in [3.8, 4) is 0 Å². The Kier molecular flexibility index (Phi) is 6.45. The Labute approximate surface area is 186 Å². The summed E-state index contributed by atoms with van der Waals surface area (Å²) in [6.45, 7) is 2.85. The third-order valence-electron chi connectivity index (χ3n) is 5.74. The van der Waals surface area contributed by atoms with Crippen LogP contribution in [0.5, 0.6) is 0 Å². The van der Waals surface area contributed by atoms with E-state index >= 15 is 0 Å². The van der Waals surface area contributed by atoms with Gasteiger partial charge in [-0.05, 0) is 61.7 Å². The van der Waals surface area contributed by atoms with Crippen LogP contribution in [0.15, 0.2) is 40.6 Å². The van der Waals surface area contributed by atoms with Crippen LogP contribution in [0.4, 0.5) is 5.69 Å². The van der Waals surface area contributed by atoms with Crippen molar-refractivity contribution in [3.63, 3.8) is 0 Å². The van der Waals surface area contributed by atoms with Crippen molar-refractivity contribution < 1.29 is 18.0 Å². The van der Waals surface area contributed by atoms with E-state index < -0.39 is 15.9 Å². The number of hydrogen-bond acceptors (Lipinski definition) is 5. The lowest BCUT2D eigenvalue weighted by atomic mass is 10.1. The molecule has 2 aromatic rings. The summed E-state index contributed by atoms with van der Waals surface area (Å²) in [4.78, 5) is 25.1. The van der Waals surface area contributed by atoms with Crippen molar-refractivity contribution in [3.05, 3.63) is 46.2 Å². The minimum absolute atomic E-state index is 0.0502. The van der Waals surface area contributed by atoms with Crippen molar-refractivity contribution in [1.82, 2.24) is 9.62 Å². The first-order valence-electron chi connectivity index (χ1n) is 10.7. The fraction of sp³-hybridized carbons (Fsp3) is 0.455. The van der Waals surface area contributed by atoms with E-state index in [1.54, 1.807) is 5.38 Å². The first-order valence-corrected chi connectivity index (χ1v) is 13.0. The maximum absolute atomic E-state index is 13.0. The zero-order valence-electron chi connectivity index (χ0n) is 17.5. The van der Waals surface area contributed by atoms with Crippen molar-refractivity contribution >= 4 is 38.9 Å². The second-order valence-electron chi connectivity index (χ2n) is 8.16. The first kappa shape index (κ1) is 22.0. The van der Waals surface area contributed by atoms with Gasteiger partial charge in [-0.15, -0.1) is 11.3 Å². The molecular weight excluding hydrogens is 434 g/mol. The Morgan fingerprint density at radius 3 is 2.39 bits per heavy atom. The number of carbonyl (C=O) groups is 2. The third kappa shape index (κ3) is 4.99. The predicted molar refractivity (Wildman–Crippen MR) is 121 cm³/mol. The van der Waals surface area contributed by atoms with E-state index in [1.807, 2.05) is 31.2 Å². The summed E-state index contributed by atoms with van der Waals surface area (Å²) >= 11 is 1.14. The van der Waals surface area contributed by atoms with E-state index in [0.717, 1.165) is 54.7 Å². The summed E-state index contributed by atoms with van der Waals surface area (Å²) in [5.41, 5.74) is 1.60. The minimum atomic E-state index is -3.67. The molecule has 1 aromatic carbocycles. The van der Waals surface area contributed by atoms with Gasteiger partial charge >= 0.3 is 0 Å². The molecule has 166 valence electrons. The molecule has 1 saturated carbocycles. The number of amides is 2. The summed E-state index contributed by atoms with van der Waals surface area (Å²) in [6.07, 6.45) is 4.62. The maximum atomic E-state index is 13.0. The van der Waals surface area contributed by atoms with Gasteiger partial charge in [0.25, 0.3) is 5.91 Å². The molecule has 2 heterocycles. The van der Waals surface area contributed by atoms with E-state index in [1.165, 1.54) is 10.4 Å². The molecule has 2 fully saturated rings. The molecule has 7 nitrogen and oxygen atoms in total. The van der Waals surface area contributed by atoms with E-state index in [0.29, 0.717) is 13.1 Å². The van der Waals surface area contributed by atoms with Crippen molar-refractivity contribution in [2.24, 2.45) is 5.92 Å². The van der Waals surface area contributed by atoms with Gasteiger partial charge < -0.3 is 10.6 Å². The summed E-state index contributed by atoms with van der Waals surface area (Å²) in [7, 11) is -3.67. The van der Waals surface area contributed by atoms with Gasteiger partial charge in [-0.2, -0.15) is 4.31 Å². The number of hydrogen-bond donors (Lipinski definition) is 2. The molecule has 2 N–H and O–H groups in total. The Bertz CT molecular complexity index is 1050. The minimum Gasteiger partial charge on any atom is -0.345 e. The second-order valence-corrected chi connectivity index (χ2v) is 11.0. The topological polar surface area (TPSA) is 95.6 Å². The normalized spacial score (nSPS) is 18.4. The average Bonchev–Trinajstić information content (AvgIpc) is 3.50. The SMILES string of the molecule is CC(NC(=O)c1sccc1S(=O)(=O)N1CCCCC1)c1ccc(NC(=O)C2CC2)cc1. The molecule has 1 aromatic heterocycles. The zero-order chi connectivity index (χ0) is 22.0. The van der Waals surface area contributed by atoms with Gasteiger partial charge in [-0.3, -0.25) is 9.59 Å². The van der Waals surface area contributed by atoms with E-state index in [-0.39, 0.29) is 27.6 Å². The van der Waals surface area contributed by atoms with E-state index in [2.05, 4.69) is 10.6 Å². The third-order valence-corrected chi connectivity index (χ3v) is 8.73. The molecule has 1 unspecified atom stereocenters. The molecule has 0 bridgehead atoms. The standard InChI is InChI=1S/C22H27N3O4S2/c1-15(16-7-9-18(10-8-16)24-21(26)17-5-6-17)23-22(27)20-19(11-14-30-20)31(28,29)25-12-3-2-4-13-25/h7-11,14-15,17H,2-6,12-13H2,1H3,(H,23,27)(H,24,26). The van der Waals surface area contributed by atoms with Gasteiger partial charge in [0.2, 0.25) is 15.9 Å². The van der Waals surface area contributed by atoms with Crippen LogP contribution in [0.25, 0.3) is 0 Å². The van der Waals surface area contributed by atoms with Gasteiger partial charge in [0.05, 0.1) is 6.04 Å². The van der Waals surface area contributed by atoms with Crippen LogP contribution in [0, 0.1) is 5.92 Å². The fourth-order valence-corrected chi connectivity index (χ4v) is 6.52. The van der Waals surface area contributed by atoms with Crippen molar-refractivity contribution in [2.75, 3.05) is 18.4 Å². The van der Waals surface area contributed by atoms with Gasteiger partial charge in [0, 0.05) is 24.7 Å². The highest BCUT2D eigenvalue weighted by Crippen LogP contribution is 2.31. The Hall–Kier alpha value is -2.23. The van der Waals surface area contributed by atoms with Crippen LogP contribution >= 0.6 is 11.3 Å². The maximum Gasteiger partial charge on any atom is 0.263 e. The number of nitrogens with zero attached hydrogens (tertiary/aromatic N) is 1. The Balaban J connectivity index is 1.42. The van der Waals surface area contributed by atoms with Crippen LogP contribution in [0.1, 0.15) is 60.3 Å². The van der Waals surface area contributed by atoms with Crippen LogP contribution in [0.3, 0.4) is 0 Å². The van der Waals surface area contributed by atoms with Crippen LogP contribution < -0.4 is 10.6 Å². The van der Waals surface area contributed by atoms with Gasteiger partial charge in [0.15, 0.2) is 0 Å². The van der Waals surface area contributed by atoms with Gasteiger partial charge in [-0.1, -0.05) is 18.6 Å². The van der Waals surface area contributed by atoms with Crippen LogP contribution in [-0.4, -0.2) is 37.6 Å². The number of rotatable bonds is 7. The predicted octanol–water partition coefficient (Wildman–Crippen LogP) is 3.76. The molecule has 0 spiro atoms. The molecule has 9 heteroatoms. The summed E-state index contributed by atoms with van der Waals surface area (Å²) in [6, 6.07) is 8.55. The van der Waals surface area contributed by atoms with E-state index in [4.69, 9.17) is 0 Å². The number of piperidine rings is 1. The van der Waals surface area contributed by atoms with Crippen LogP contribution in [0.2, 0.25) is 0 Å². The lowest BCUT2D eigenvalue weighted by Gasteiger charge is -2.26. The molecule has 2 aliphatic rings. The zero-order valence-corrected chi connectivity index (χ0v) is 19.1. The molecule has 2 amide bonds. The summed E-state index contributed by atoms with van der Waals surface area (Å²) in [5, 5.41) is 7.44. The Morgan fingerprint density at radius 2 is 1.74 bits per heavy atom. The fourth-order valence-electron chi connectivity index (χ4n) is 3.70.